The third-order valence-corrected chi connectivity index (χ3v) is 6.66. The van der Waals surface area contributed by atoms with Crippen molar-refractivity contribution in [3.63, 3.8) is 0 Å². The summed E-state index contributed by atoms with van der Waals surface area (Å²) in [6, 6.07) is 24.8. The van der Waals surface area contributed by atoms with Gasteiger partial charge >= 0.3 is 0 Å². The topological polar surface area (TPSA) is 69.5 Å². The number of aromatic nitrogens is 3. The first-order valence-corrected chi connectivity index (χ1v) is 12.6. The second-order valence-corrected chi connectivity index (χ2v) is 9.22. The van der Waals surface area contributed by atoms with Crippen LogP contribution >= 0.6 is 23.4 Å². The molecule has 1 fully saturated rings. The predicted octanol–water partition coefficient (Wildman–Crippen LogP) is 5.33. The monoisotopic (exact) mass is 506 g/mol. The number of para-hydroxylation sites is 1. The minimum Gasteiger partial charge on any atom is -0.457 e. The van der Waals surface area contributed by atoms with Crippen LogP contribution in [0.15, 0.2) is 84.0 Å². The summed E-state index contributed by atoms with van der Waals surface area (Å²) in [7, 11) is 0. The molecule has 0 N–H and O–H groups in total. The molecule has 5 rings (SSSR count). The van der Waals surface area contributed by atoms with Crippen molar-refractivity contribution < 1.29 is 14.3 Å². The Hall–Kier alpha value is -3.33. The lowest BCUT2D eigenvalue weighted by Gasteiger charge is -2.26. The minimum atomic E-state index is 0.0625. The van der Waals surface area contributed by atoms with Crippen LogP contribution in [0.4, 0.5) is 0 Å². The van der Waals surface area contributed by atoms with Gasteiger partial charge < -0.3 is 14.4 Å². The van der Waals surface area contributed by atoms with Crippen LogP contribution in [0.25, 0.3) is 17.1 Å². The first-order valence-electron chi connectivity index (χ1n) is 11.2. The van der Waals surface area contributed by atoms with E-state index in [-0.39, 0.29) is 11.7 Å². The van der Waals surface area contributed by atoms with Gasteiger partial charge in [0.1, 0.15) is 11.5 Å². The number of nitrogens with zero attached hydrogens (tertiary/aromatic N) is 4. The first kappa shape index (κ1) is 23.4. The normalized spacial score (nSPS) is 13.6. The van der Waals surface area contributed by atoms with Gasteiger partial charge in [0.15, 0.2) is 11.0 Å². The van der Waals surface area contributed by atoms with E-state index < -0.39 is 0 Å². The molecule has 0 aliphatic carbocycles. The lowest BCUT2D eigenvalue weighted by atomic mass is 10.2. The molecule has 178 valence electrons. The number of halogens is 1. The number of rotatable bonds is 7. The van der Waals surface area contributed by atoms with Crippen molar-refractivity contribution in [2.45, 2.75) is 5.16 Å². The van der Waals surface area contributed by atoms with E-state index in [9.17, 15) is 4.79 Å². The molecule has 1 saturated heterocycles. The molecule has 0 spiro atoms. The van der Waals surface area contributed by atoms with Crippen LogP contribution in [0.1, 0.15) is 0 Å². The Balaban J connectivity index is 1.42. The maximum absolute atomic E-state index is 12.7. The van der Waals surface area contributed by atoms with Gasteiger partial charge in [-0.05, 0) is 60.7 Å². The van der Waals surface area contributed by atoms with Crippen molar-refractivity contribution in [3.8, 4) is 28.6 Å². The van der Waals surface area contributed by atoms with Gasteiger partial charge in [0.2, 0.25) is 5.91 Å². The van der Waals surface area contributed by atoms with Crippen molar-refractivity contribution in [2.75, 3.05) is 32.1 Å². The molecule has 3 aromatic carbocycles. The number of ether oxygens (including phenoxy) is 2. The molecule has 2 heterocycles. The molecular weight excluding hydrogens is 484 g/mol. The van der Waals surface area contributed by atoms with Crippen LogP contribution in [0.5, 0.6) is 11.5 Å². The highest BCUT2D eigenvalue weighted by molar-refractivity contribution is 7.99. The molecule has 1 aliphatic rings. The van der Waals surface area contributed by atoms with E-state index in [0.29, 0.717) is 42.3 Å². The van der Waals surface area contributed by atoms with Gasteiger partial charge in [0.05, 0.1) is 19.0 Å². The first-order chi connectivity index (χ1) is 17.2. The molecule has 35 heavy (non-hydrogen) atoms. The van der Waals surface area contributed by atoms with Gasteiger partial charge in [-0.1, -0.05) is 41.6 Å². The van der Waals surface area contributed by atoms with Crippen molar-refractivity contribution in [3.05, 3.63) is 83.9 Å². The van der Waals surface area contributed by atoms with Crippen LogP contribution in [0, 0.1) is 0 Å². The number of thioether (sulfide) groups is 1. The van der Waals surface area contributed by atoms with Gasteiger partial charge in [-0.2, -0.15) is 0 Å². The molecule has 0 unspecified atom stereocenters. The number of carbonyl (C=O) groups is 1. The Morgan fingerprint density at radius 3 is 2.31 bits per heavy atom. The van der Waals surface area contributed by atoms with E-state index in [2.05, 4.69) is 10.2 Å². The Labute approximate surface area is 212 Å². The molecular formula is C26H23ClN4O3S. The van der Waals surface area contributed by atoms with Crippen molar-refractivity contribution in [1.29, 1.82) is 0 Å². The molecule has 1 amide bonds. The smallest absolute Gasteiger partial charge is 0.233 e. The Morgan fingerprint density at radius 2 is 1.60 bits per heavy atom. The van der Waals surface area contributed by atoms with Crippen LogP contribution in [-0.4, -0.2) is 57.6 Å². The Morgan fingerprint density at radius 1 is 0.914 bits per heavy atom. The van der Waals surface area contributed by atoms with Crippen LogP contribution < -0.4 is 4.74 Å². The zero-order chi connectivity index (χ0) is 24.0. The maximum atomic E-state index is 12.7. The zero-order valence-corrected chi connectivity index (χ0v) is 20.4. The average Bonchev–Trinajstić information content (AvgIpc) is 3.33. The molecule has 0 saturated carbocycles. The number of benzene rings is 3. The summed E-state index contributed by atoms with van der Waals surface area (Å²) >= 11 is 7.46. The number of morpholine rings is 1. The summed E-state index contributed by atoms with van der Waals surface area (Å²) < 4.78 is 13.2. The summed E-state index contributed by atoms with van der Waals surface area (Å²) in [6.07, 6.45) is 0. The van der Waals surface area contributed by atoms with E-state index in [0.717, 1.165) is 22.7 Å². The number of hydrogen-bond donors (Lipinski definition) is 0. The van der Waals surface area contributed by atoms with Gasteiger partial charge in [-0.25, -0.2) is 0 Å². The molecule has 0 atom stereocenters. The maximum Gasteiger partial charge on any atom is 0.233 e. The van der Waals surface area contributed by atoms with E-state index in [1.807, 2.05) is 88.3 Å². The zero-order valence-electron chi connectivity index (χ0n) is 18.8. The van der Waals surface area contributed by atoms with Crippen molar-refractivity contribution in [1.82, 2.24) is 19.7 Å². The molecule has 0 radical (unpaired) electrons. The summed E-state index contributed by atoms with van der Waals surface area (Å²) in [6.45, 7) is 2.38. The largest absolute Gasteiger partial charge is 0.457 e. The van der Waals surface area contributed by atoms with E-state index in [1.165, 1.54) is 11.8 Å². The second-order valence-electron chi connectivity index (χ2n) is 7.84. The predicted molar refractivity (Wildman–Crippen MR) is 136 cm³/mol. The second kappa shape index (κ2) is 10.9. The quantitative estimate of drug-likeness (QED) is 0.315. The molecule has 7 nitrogen and oxygen atoms in total. The standard InChI is InChI=1S/C26H23ClN4O3S/c27-20-8-6-19(7-9-20)25-28-29-26(35-18-24(32)30-14-16-33-17-15-30)31(25)21-10-12-23(13-11-21)34-22-4-2-1-3-5-22/h1-13H,14-18H2. The highest BCUT2D eigenvalue weighted by Gasteiger charge is 2.21. The lowest BCUT2D eigenvalue weighted by Crippen LogP contribution is -2.41. The summed E-state index contributed by atoms with van der Waals surface area (Å²) in [5, 5.41) is 10.1. The lowest BCUT2D eigenvalue weighted by molar-refractivity contribution is -0.132. The Bertz CT molecular complexity index is 1270. The highest BCUT2D eigenvalue weighted by Crippen LogP contribution is 2.30. The third-order valence-electron chi connectivity index (χ3n) is 5.50. The summed E-state index contributed by atoms with van der Waals surface area (Å²) in [4.78, 5) is 14.5. The van der Waals surface area contributed by atoms with Crippen molar-refractivity contribution >= 4 is 29.3 Å². The minimum absolute atomic E-state index is 0.0625. The molecule has 0 bridgehead atoms. The van der Waals surface area contributed by atoms with Gasteiger partial charge in [0, 0.05) is 29.4 Å². The number of carbonyl (C=O) groups excluding carboxylic acids is 1. The van der Waals surface area contributed by atoms with Crippen molar-refractivity contribution in [2.24, 2.45) is 0 Å². The molecule has 4 aromatic rings. The fraction of sp³-hybridized carbons (Fsp3) is 0.192. The van der Waals surface area contributed by atoms with Crippen LogP contribution in [-0.2, 0) is 9.53 Å². The molecule has 1 aliphatic heterocycles. The van der Waals surface area contributed by atoms with Crippen LogP contribution in [0.2, 0.25) is 5.02 Å². The number of amides is 1. The fourth-order valence-electron chi connectivity index (χ4n) is 3.70. The van der Waals surface area contributed by atoms with Crippen LogP contribution in [0.3, 0.4) is 0 Å². The van der Waals surface area contributed by atoms with E-state index in [4.69, 9.17) is 21.1 Å². The Kier molecular flexibility index (Phi) is 7.32. The van der Waals surface area contributed by atoms with Gasteiger partial charge in [0.25, 0.3) is 0 Å². The van der Waals surface area contributed by atoms with Gasteiger partial charge in [-0.3, -0.25) is 9.36 Å². The fourth-order valence-corrected chi connectivity index (χ4v) is 4.68. The number of hydrogen-bond acceptors (Lipinski definition) is 6. The van der Waals surface area contributed by atoms with E-state index in [1.54, 1.807) is 0 Å². The van der Waals surface area contributed by atoms with Gasteiger partial charge in [-0.15, -0.1) is 10.2 Å². The summed E-state index contributed by atoms with van der Waals surface area (Å²) in [5.74, 6) is 2.49. The third kappa shape index (κ3) is 5.67. The highest BCUT2D eigenvalue weighted by atomic mass is 35.5. The molecule has 9 heteroatoms. The summed E-state index contributed by atoms with van der Waals surface area (Å²) in [5.41, 5.74) is 1.74. The SMILES string of the molecule is O=C(CSc1nnc(-c2ccc(Cl)cc2)n1-c1ccc(Oc2ccccc2)cc1)N1CCOCC1. The molecule has 1 aromatic heterocycles. The van der Waals surface area contributed by atoms with E-state index >= 15 is 0 Å². The average molecular weight is 507 g/mol.